The first kappa shape index (κ1) is 14.3. The van der Waals surface area contributed by atoms with Gasteiger partial charge in [-0.2, -0.15) is 0 Å². The minimum Gasteiger partial charge on any atom is -0.0778 e. The molecule has 0 N–H and O–H groups in total. The molecule has 2 aromatic rings. The molecule has 0 saturated carbocycles. The molecule has 0 amide bonds. The van der Waals surface area contributed by atoms with Crippen LogP contribution in [0.2, 0.25) is 0 Å². The summed E-state index contributed by atoms with van der Waals surface area (Å²) in [6.45, 7) is 6.55. The van der Waals surface area contributed by atoms with Crippen molar-refractivity contribution in [2.75, 3.05) is 0 Å². The van der Waals surface area contributed by atoms with Gasteiger partial charge in [0.15, 0.2) is 0 Å². The van der Waals surface area contributed by atoms with Gasteiger partial charge in [-0.1, -0.05) is 77.4 Å². The normalized spacial score (nSPS) is 19.3. The Morgan fingerprint density at radius 2 is 1.57 bits per heavy atom. The van der Waals surface area contributed by atoms with Gasteiger partial charge in [0.1, 0.15) is 0 Å². The van der Waals surface area contributed by atoms with E-state index in [2.05, 4.69) is 81.5 Å². The monoisotopic (exact) mass is 298 g/mol. The van der Waals surface area contributed by atoms with E-state index in [-0.39, 0.29) is 0 Å². The molecule has 0 bridgehead atoms. The first-order valence-corrected chi connectivity index (χ1v) is 8.40. The fourth-order valence-electron chi connectivity index (χ4n) is 3.82. The van der Waals surface area contributed by atoms with E-state index in [9.17, 15) is 0 Å². The number of hydrogen-bond acceptors (Lipinski definition) is 0. The van der Waals surface area contributed by atoms with Gasteiger partial charge in [-0.15, -0.1) is 0 Å². The molecule has 0 heteroatoms. The summed E-state index contributed by atoms with van der Waals surface area (Å²) in [6, 6.07) is 16.0. The molecule has 0 aromatic heterocycles. The first-order chi connectivity index (χ1) is 11.1. The van der Waals surface area contributed by atoms with Crippen LogP contribution in [0, 0.1) is 13.8 Å². The maximum absolute atomic E-state index is 2.39. The lowest BCUT2D eigenvalue weighted by Crippen LogP contribution is -1.99. The van der Waals surface area contributed by atoms with Gasteiger partial charge in [-0.25, -0.2) is 0 Å². The van der Waals surface area contributed by atoms with Crippen molar-refractivity contribution >= 4 is 5.57 Å². The molecule has 114 valence electrons. The Labute approximate surface area is 138 Å². The highest BCUT2D eigenvalue weighted by Gasteiger charge is 2.32. The molecule has 1 atom stereocenters. The number of benzene rings is 2. The molecule has 0 heterocycles. The lowest BCUT2D eigenvalue weighted by atomic mass is 9.88. The van der Waals surface area contributed by atoms with E-state index in [1.54, 1.807) is 0 Å². The van der Waals surface area contributed by atoms with E-state index >= 15 is 0 Å². The van der Waals surface area contributed by atoms with Crippen LogP contribution in [0.1, 0.15) is 47.1 Å². The van der Waals surface area contributed by atoms with Gasteiger partial charge in [0.25, 0.3) is 0 Å². The molecule has 0 radical (unpaired) electrons. The zero-order chi connectivity index (χ0) is 16.0. The summed E-state index contributed by atoms with van der Waals surface area (Å²) in [7, 11) is 0. The average Bonchev–Trinajstić information content (AvgIpc) is 2.68. The first-order valence-electron chi connectivity index (χ1n) is 8.40. The highest BCUT2D eigenvalue weighted by molar-refractivity contribution is 5.90. The maximum Gasteiger partial charge on any atom is 0.0352 e. The Morgan fingerprint density at radius 1 is 0.826 bits per heavy atom. The van der Waals surface area contributed by atoms with E-state index < -0.39 is 0 Å². The van der Waals surface area contributed by atoms with E-state index in [0.29, 0.717) is 5.92 Å². The topological polar surface area (TPSA) is 0 Å². The molecule has 2 aliphatic rings. The van der Waals surface area contributed by atoms with Crippen LogP contribution in [0.3, 0.4) is 0 Å². The van der Waals surface area contributed by atoms with Crippen molar-refractivity contribution in [2.24, 2.45) is 0 Å². The number of hydrogen-bond donors (Lipinski definition) is 0. The maximum atomic E-state index is 2.39. The number of rotatable bonds is 1. The fraction of sp³-hybridized carbons (Fsp3) is 0.217. The Hall–Kier alpha value is -2.34. The van der Waals surface area contributed by atoms with Crippen LogP contribution in [-0.2, 0) is 0 Å². The largest absolute Gasteiger partial charge is 0.0778 e. The van der Waals surface area contributed by atoms with Crippen LogP contribution in [0.25, 0.3) is 5.57 Å². The summed E-state index contributed by atoms with van der Waals surface area (Å²) in [6.07, 6.45) is 8.12. The van der Waals surface area contributed by atoms with E-state index in [0.717, 1.165) is 6.42 Å². The SMILES string of the molecule is CC1=CCC=C2C(=C1)C(c1ccc(C)cc1)c1cc(C)ccc12. The molecule has 0 spiro atoms. The van der Waals surface area contributed by atoms with Gasteiger partial charge in [0.05, 0.1) is 0 Å². The molecule has 0 aliphatic heterocycles. The summed E-state index contributed by atoms with van der Waals surface area (Å²) >= 11 is 0. The highest BCUT2D eigenvalue weighted by atomic mass is 14.4. The predicted molar refractivity (Wildman–Crippen MR) is 98.6 cm³/mol. The van der Waals surface area contributed by atoms with Crippen molar-refractivity contribution in [2.45, 2.75) is 33.1 Å². The molecule has 0 fully saturated rings. The zero-order valence-corrected chi connectivity index (χ0v) is 14.1. The third-order valence-corrected chi connectivity index (χ3v) is 4.99. The van der Waals surface area contributed by atoms with Crippen LogP contribution < -0.4 is 0 Å². The Kier molecular flexibility index (Phi) is 3.34. The van der Waals surface area contributed by atoms with Gasteiger partial charge in [-0.3, -0.25) is 0 Å². The molecule has 2 aromatic carbocycles. The minimum absolute atomic E-state index is 0.359. The summed E-state index contributed by atoms with van der Waals surface area (Å²) in [4.78, 5) is 0. The molecular weight excluding hydrogens is 276 g/mol. The second-order valence-electron chi connectivity index (χ2n) is 6.84. The van der Waals surface area contributed by atoms with Gasteiger partial charge in [-0.05, 0) is 55.0 Å². The summed E-state index contributed by atoms with van der Waals surface area (Å²) in [5.74, 6) is 0.359. The third-order valence-electron chi connectivity index (χ3n) is 4.99. The quantitative estimate of drug-likeness (QED) is 0.596. The van der Waals surface area contributed by atoms with Crippen LogP contribution in [0.4, 0.5) is 0 Å². The van der Waals surface area contributed by atoms with E-state index in [4.69, 9.17) is 0 Å². The zero-order valence-electron chi connectivity index (χ0n) is 14.1. The van der Waals surface area contributed by atoms with Crippen molar-refractivity contribution in [3.8, 4) is 0 Å². The van der Waals surface area contributed by atoms with Crippen molar-refractivity contribution < 1.29 is 0 Å². The van der Waals surface area contributed by atoms with Crippen LogP contribution in [-0.4, -0.2) is 0 Å². The highest BCUT2D eigenvalue weighted by Crippen LogP contribution is 2.50. The fourth-order valence-corrected chi connectivity index (χ4v) is 3.82. The lowest BCUT2D eigenvalue weighted by molar-refractivity contribution is 1.01. The minimum atomic E-state index is 0.359. The second-order valence-corrected chi connectivity index (χ2v) is 6.84. The van der Waals surface area contributed by atoms with Crippen LogP contribution in [0.15, 0.2) is 71.8 Å². The molecule has 23 heavy (non-hydrogen) atoms. The van der Waals surface area contributed by atoms with Crippen LogP contribution >= 0.6 is 0 Å². The number of fused-ring (bicyclic) bond motifs is 3. The Bertz CT molecular complexity index is 857. The molecular formula is C23H22. The number of aryl methyl sites for hydroxylation is 2. The predicted octanol–water partition coefficient (Wildman–Crippen LogP) is 6.11. The van der Waals surface area contributed by atoms with E-state index in [1.807, 2.05) is 0 Å². The smallest absolute Gasteiger partial charge is 0.0352 e. The van der Waals surface area contributed by atoms with Crippen molar-refractivity contribution in [3.63, 3.8) is 0 Å². The summed E-state index contributed by atoms with van der Waals surface area (Å²) in [5.41, 5.74) is 11.2. The Balaban J connectivity index is 1.97. The van der Waals surface area contributed by atoms with Gasteiger partial charge in [0, 0.05) is 5.92 Å². The standard InChI is InChI=1S/C23H22/c1-15-7-10-18(11-8-15)23-21-13-16(2)5-4-6-19(21)20-12-9-17(3)14-22(20)23/h5-14,23H,4H2,1-3H3. The van der Waals surface area contributed by atoms with Gasteiger partial charge in [0.2, 0.25) is 0 Å². The van der Waals surface area contributed by atoms with E-state index in [1.165, 1.54) is 44.5 Å². The molecule has 0 saturated heterocycles. The van der Waals surface area contributed by atoms with Gasteiger partial charge < -0.3 is 0 Å². The Morgan fingerprint density at radius 3 is 2.35 bits per heavy atom. The average molecular weight is 298 g/mol. The number of allylic oxidation sites excluding steroid dienone is 6. The van der Waals surface area contributed by atoms with Crippen LogP contribution in [0.5, 0.6) is 0 Å². The summed E-state index contributed by atoms with van der Waals surface area (Å²) < 4.78 is 0. The molecule has 1 unspecified atom stereocenters. The molecule has 4 rings (SSSR count). The molecule has 2 aliphatic carbocycles. The van der Waals surface area contributed by atoms with Crippen molar-refractivity contribution in [1.29, 1.82) is 0 Å². The van der Waals surface area contributed by atoms with Crippen molar-refractivity contribution in [3.05, 3.63) is 99.7 Å². The summed E-state index contributed by atoms with van der Waals surface area (Å²) in [5, 5.41) is 0. The second kappa shape index (κ2) is 5.38. The third kappa shape index (κ3) is 2.39. The lowest BCUT2D eigenvalue weighted by Gasteiger charge is -2.15. The van der Waals surface area contributed by atoms with Gasteiger partial charge >= 0.3 is 0 Å². The van der Waals surface area contributed by atoms with Crippen molar-refractivity contribution in [1.82, 2.24) is 0 Å². The molecule has 0 nitrogen and oxygen atoms in total.